The largest absolute Gasteiger partial charge is 0.337 e. The fourth-order valence-corrected chi connectivity index (χ4v) is 2.81. The molecule has 1 saturated heterocycles. The number of benzene rings is 1. The monoisotopic (exact) mass is 271 g/mol. The summed E-state index contributed by atoms with van der Waals surface area (Å²) in [5.74, 6) is 1.66. The summed E-state index contributed by atoms with van der Waals surface area (Å²) in [6, 6.07) is 6.77. The van der Waals surface area contributed by atoms with Crippen molar-refractivity contribution in [1.82, 2.24) is 20.5 Å². The third kappa shape index (κ3) is 2.41. The molecule has 106 valence electrons. The SMILES string of the molecule is Cc1cccc(C)c1-c1nc(N2CCNC(C)C2)n[nH]1. The molecule has 0 amide bonds. The maximum absolute atomic E-state index is 4.69. The molecule has 0 radical (unpaired) electrons. The van der Waals surface area contributed by atoms with E-state index in [2.05, 4.69) is 59.4 Å². The van der Waals surface area contributed by atoms with Crippen LogP contribution < -0.4 is 10.2 Å². The molecule has 5 nitrogen and oxygen atoms in total. The van der Waals surface area contributed by atoms with Gasteiger partial charge in [0, 0.05) is 31.2 Å². The van der Waals surface area contributed by atoms with Crippen LogP contribution in [0.1, 0.15) is 18.1 Å². The van der Waals surface area contributed by atoms with Crippen LogP contribution in [-0.4, -0.2) is 40.9 Å². The van der Waals surface area contributed by atoms with Crippen LogP contribution in [0.5, 0.6) is 0 Å². The zero-order valence-electron chi connectivity index (χ0n) is 12.3. The van der Waals surface area contributed by atoms with E-state index in [0.717, 1.165) is 37.0 Å². The van der Waals surface area contributed by atoms with Crippen molar-refractivity contribution in [1.29, 1.82) is 0 Å². The second-order valence-electron chi connectivity index (χ2n) is 5.55. The molecule has 3 rings (SSSR count). The first-order valence-electron chi connectivity index (χ1n) is 7.12. The van der Waals surface area contributed by atoms with Crippen molar-refractivity contribution >= 4 is 5.95 Å². The molecule has 1 aromatic carbocycles. The van der Waals surface area contributed by atoms with Crippen LogP contribution >= 0.6 is 0 Å². The van der Waals surface area contributed by atoms with Crippen molar-refractivity contribution < 1.29 is 0 Å². The number of piperazine rings is 1. The van der Waals surface area contributed by atoms with E-state index in [1.807, 2.05) is 0 Å². The van der Waals surface area contributed by atoms with Gasteiger partial charge in [-0.3, -0.25) is 5.10 Å². The van der Waals surface area contributed by atoms with E-state index in [0.29, 0.717) is 6.04 Å². The Balaban J connectivity index is 1.90. The van der Waals surface area contributed by atoms with Crippen molar-refractivity contribution in [3.05, 3.63) is 29.3 Å². The quantitative estimate of drug-likeness (QED) is 0.875. The molecule has 1 fully saturated rings. The van der Waals surface area contributed by atoms with Gasteiger partial charge >= 0.3 is 0 Å². The van der Waals surface area contributed by atoms with E-state index >= 15 is 0 Å². The minimum Gasteiger partial charge on any atom is -0.337 e. The van der Waals surface area contributed by atoms with Gasteiger partial charge in [0.05, 0.1) is 0 Å². The molecule has 1 aliphatic rings. The van der Waals surface area contributed by atoms with Crippen LogP contribution in [0.25, 0.3) is 11.4 Å². The lowest BCUT2D eigenvalue weighted by Crippen LogP contribution is -2.49. The summed E-state index contributed by atoms with van der Waals surface area (Å²) in [4.78, 5) is 6.92. The van der Waals surface area contributed by atoms with Crippen LogP contribution in [0.15, 0.2) is 18.2 Å². The minimum atomic E-state index is 0.478. The molecular weight excluding hydrogens is 250 g/mol. The Morgan fingerprint density at radius 2 is 2.00 bits per heavy atom. The third-order valence-corrected chi connectivity index (χ3v) is 3.84. The Bertz CT molecular complexity index is 584. The molecule has 2 N–H and O–H groups in total. The standard InChI is InChI=1S/C15H21N5/c1-10-5-4-6-11(2)13(10)14-17-15(19-18-14)20-8-7-16-12(3)9-20/h4-6,12,16H,7-9H2,1-3H3,(H,17,18,19). The number of rotatable bonds is 2. The molecule has 2 aromatic rings. The van der Waals surface area contributed by atoms with Crippen molar-refractivity contribution in [3.8, 4) is 11.4 Å². The number of hydrogen-bond acceptors (Lipinski definition) is 4. The van der Waals surface area contributed by atoms with E-state index in [9.17, 15) is 0 Å². The Hall–Kier alpha value is -1.88. The van der Waals surface area contributed by atoms with E-state index in [1.165, 1.54) is 11.1 Å². The summed E-state index contributed by atoms with van der Waals surface area (Å²) in [5, 5.41) is 10.9. The molecule has 1 aromatic heterocycles. The van der Waals surface area contributed by atoms with E-state index in [4.69, 9.17) is 4.98 Å². The first-order valence-corrected chi connectivity index (χ1v) is 7.12. The van der Waals surface area contributed by atoms with Gasteiger partial charge in [0.25, 0.3) is 0 Å². The Labute approximate surface area is 119 Å². The maximum atomic E-state index is 4.69. The number of nitrogens with one attached hydrogen (secondary N) is 2. The fourth-order valence-electron chi connectivity index (χ4n) is 2.81. The summed E-state index contributed by atoms with van der Waals surface area (Å²) >= 11 is 0. The van der Waals surface area contributed by atoms with Crippen molar-refractivity contribution in [2.24, 2.45) is 0 Å². The number of aromatic nitrogens is 3. The molecule has 20 heavy (non-hydrogen) atoms. The third-order valence-electron chi connectivity index (χ3n) is 3.84. The number of aromatic amines is 1. The fraction of sp³-hybridized carbons (Fsp3) is 0.467. The van der Waals surface area contributed by atoms with E-state index in [-0.39, 0.29) is 0 Å². The van der Waals surface area contributed by atoms with Gasteiger partial charge in [0.2, 0.25) is 5.95 Å². The Morgan fingerprint density at radius 1 is 1.25 bits per heavy atom. The Morgan fingerprint density at radius 3 is 2.70 bits per heavy atom. The molecule has 5 heteroatoms. The van der Waals surface area contributed by atoms with Gasteiger partial charge in [0.15, 0.2) is 5.82 Å². The van der Waals surface area contributed by atoms with Crippen LogP contribution in [0, 0.1) is 13.8 Å². The molecule has 0 saturated carbocycles. The minimum absolute atomic E-state index is 0.478. The summed E-state index contributed by atoms with van der Waals surface area (Å²) in [7, 11) is 0. The van der Waals surface area contributed by atoms with Gasteiger partial charge in [-0.25, -0.2) is 0 Å². The summed E-state index contributed by atoms with van der Waals surface area (Å²) in [5.41, 5.74) is 3.61. The lowest BCUT2D eigenvalue weighted by atomic mass is 10.0. The topological polar surface area (TPSA) is 56.8 Å². The second kappa shape index (κ2) is 5.25. The number of anilines is 1. The van der Waals surface area contributed by atoms with Gasteiger partial charge in [-0.1, -0.05) is 18.2 Å². The molecule has 1 atom stereocenters. The number of hydrogen-bond donors (Lipinski definition) is 2. The van der Waals surface area contributed by atoms with Crippen LogP contribution in [0.4, 0.5) is 5.95 Å². The van der Waals surface area contributed by atoms with Gasteiger partial charge in [0.1, 0.15) is 0 Å². The van der Waals surface area contributed by atoms with E-state index < -0.39 is 0 Å². The van der Waals surface area contributed by atoms with E-state index in [1.54, 1.807) is 0 Å². The van der Waals surface area contributed by atoms with Gasteiger partial charge in [-0.2, -0.15) is 4.98 Å². The molecule has 2 heterocycles. The number of aryl methyl sites for hydroxylation is 2. The highest BCUT2D eigenvalue weighted by atomic mass is 15.4. The molecule has 1 aliphatic heterocycles. The van der Waals surface area contributed by atoms with Gasteiger partial charge in [-0.05, 0) is 31.9 Å². The summed E-state index contributed by atoms with van der Waals surface area (Å²) < 4.78 is 0. The van der Waals surface area contributed by atoms with Crippen molar-refractivity contribution in [2.75, 3.05) is 24.5 Å². The smallest absolute Gasteiger partial charge is 0.245 e. The molecule has 0 bridgehead atoms. The molecule has 0 spiro atoms. The van der Waals surface area contributed by atoms with Gasteiger partial charge < -0.3 is 10.2 Å². The highest BCUT2D eigenvalue weighted by Gasteiger charge is 2.20. The van der Waals surface area contributed by atoms with Crippen molar-refractivity contribution in [2.45, 2.75) is 26.8 Å². The second-order valence-corrected chi connectivity index (χ2v) is 5.55. The van der Waals surface area contributed by atoms with Gasteiger partial charge in [-0.15, -0.1) is 5.10 Å². The summed E-state index contributed by atoms with van der Waals surface area (Å²) in [6.07, 6.45) is 0. The number of H-pyrrole nitrogens is 1. The maximum Gasteiger partial charge on any atom is 0.245 e. The van der Waals surface area contributed by atoms with Crippen LogP contribution in [-0.2, 0) is 0 Å². The zero-order chi connectivity index (χ0) is 14.1. The summed E-state index contributed by atoms with van der Waals surface area (Å²) in [6.45, 7) is 9.28. The first kappa shape index (κ1) is 13.1. The van der Waals surface area contributed by atoms with Crippen LogP contribution in [0.2, 0.25) is 0 Å². The highest BCUT2D eigenvalue weighted by molar-refractivity contribution is 5.65. The van der Waals surface area contributed by atoms with Crippen LogP contribution in [0.3, 0.4) is 0 Å². The average Bonchev–Trinajstić information content (AvgIpc) is 2.88. The predicted octanol–water partition coefficient (Wildman–Crippen LogP) is 1.89. The van der Waals surface area contributed by atoms with Crippen molar-refractivity contribution in [3.63, 3.8) is 0 Å². The average molecular weight is 271 g/mol. The molecular formula is C15H21N5. The highest BCUT2D eigenvalue weighted by Crippen LogP contribution is 2.25. The molecule has 0 aliphatic carbocycles. The zero-order valence-corrected chi connectivity index (χ0v) is 12.3. The lowest BCUT2D eigenvalue weighted by Gasteiger charge is -2.30. The normalized spacial score (nSPS) is 19.4. The molecule has 1 unspecified atom stereocenters. The number of nitrogens with zero attached hydrogens (tertiary/aromatic N) is 3. The predicted molar refractivity (Wildman–Crippen MR) is 81.0 cm³/mol. The first-order chi connectivity index (χ1) is 9.65. The Kier molecular flexibility index (Phi) is 3.44. The lowest BCUT2D eigenvalue weighted by molar-refractivity contribution is 0.480.